The van der Waals surface area contributed by atoms with E-state index in [1.807, 2.05) is 13.0 Å². The van der Waals surface area contributed by atoms with Crippen LogP contribution in [0.3, 0.4) is 0 Å². The molecule has 1 aromatic rings. The molecule has 0 radical (unpaired) electrons. The van der Waals surface area contributed by atoms with E-state index in [1.54, 1.807) is 12.1 Å². The van der Waals surface area contributed by atoms with Crippen LogP contribution in [0.5, 0.6) is 0 Å². The van der Waals surface area contributed by atoms with Crippen molar-refractivity contribution < 1.29 is 9.50 Å². The van der Waals surface area contributed by atoms with Gasteiger partial charge in [0.25, 0.3) is 0 Å². The zero-order chi connectivity index (χ0) is 13.2. The fraction of sp³-hybridized carbons (Fsp3) is 0.500. The standard InChI is InChI=1S/C14H17FN2O/c1-14(18)4-6-17(7-5-14)10-11-2-3-13(15)12(8-11)9-16/h2-3,8,18H,4-7,10H2,1H3. The van der Waals surface area contributed by atoms with Crippen LogP contribution < -0.4 is 0 Å². The Kier molecular flexibility index (Phi) is 3.65. The van der Waals surface area contributed by atoms with Gasteiger partial charge in [0, 0.05) is 19.6 Å². The monoisotopic (exact) mass is 248 g/mol. The lowest BCUT2D eigenvalue weighted by Crippen LogP contribution is -2.41. The van der Waals surface area contributed by atoms with Gasteiger partial charge in [0.2, 0.25) is 0 Å². The van der Waals surface area contributed by atoms with E-state index in [-0.39, 0.29) is 5.56 Å². The average molecular weight is 248 g/mol. The second kappa shape index (κ2) is 5.05. The van der Waals surface area contributed by atoms with E-state index in [2.05, 4.69) is 4.90 Å². The summed E-state index contributed by atoms with van der Waals surface area (Å²) in [6.45, 7) is 4.21. The molecule has 1 N–H and O–H groups in total. The molecule has 1 aliphatic heterocycles. The predicted molar refractivity (Wildman–Crippen MR) is 66.2 cm³/mol. The zero-order valence-corrected chi connectivity index (χ0v) is 10.5. The third kappa shape index (κ3) is 3.06. The van der Waals surface area contributed by atoms with Crippen molar-refractivity contribution in [3.63, 3.8) is 0 Å². The lowest BCUT2D eigenvalue weighted by Gasteiger charge is -2.35. The van der Waals surface area contributed by atoms with Crippen LogP contribution in [0.4, 0.5) is 4.39 Å². The predicted octanol–water partition coefficient (Wildman–Crippen LogP) is 2.04. The molecule has 1 saturated heterocycles. The Morgan fingerprint density at radius 1 is 1.44 bits per heavy atom. The molecule has 1 aromatic carbocycles. The number of hydrogen-bond acceptors (Lipinski definition) is 3. The first kappa shape index (κ1) is 13.0. The molecular weight excluding hydrogens is 231 g/mol. The van der Waals surface area contributed by atoms with Gasteiger partial charge in [0.15, 0.2) is 0 Å². The van der Waals surface area contributed by atoms with Crippen LogP contribution in [0.1, 0.15) is 30.9 Å². The summed E-state index contributed by atoms with van der Waals surface area (Å²) < 4.78 is 13.2. The Hall–Kier alpha value is -1.44. The number of benzene rings is 1. The number of hydrogen-bond donors (Lipinski definition) is 1. The number of nitriles is 1. The van der Waals surface area contributed by atoms with E-state index in [9.17, 15) is 9.50 Å². The third-order valence-electron chi connectivity index (χ3n) is 3.49. The molecule has 0 aliphatic carbocycles. The fourth-order valence-electron chi connectivity index (χ4n) is 2.21. The second-order valence-corrected chi connectivity index (χ2v) is 5.20. The first-order chi connectivity index (χ1) is 8.50. The topological polar surface area (TPSA) is 47.3 Å². The Balaban J connectivity index is 2.01. The van der Waals surface area contributed by atoms with Crippen LogP contribution in [0.2, 0.25) is 0 Å². The normalized spacial score (nSPS) is 19.4. The quantitative estimate of drug-likeness (QED) is 0.871. The molecule has 0 atom stereocenters. The SMILES string of the molecule is CC1(O)CCN(Cc2ccc(F)c(C#N)c2)CC1. The van der Waals surface area contributed by atoms with E-state index in [4.69, 9.17) is 5.26 Å². The minimum Gasteiger partial charge on any atom is -0.390 e. The maximum Gasteiger partial charge on any atom is 0.140 e. The van der Waals surface area contributed by atoms with E-state index in [1.165, 1.54) is 6.07 Å². The van der Waals surface area contributed by atoms with E-state index in [0.29, 0.717) is 6.54 Å². The molecule has 4 heteroatoms. The van der Waals surface area contributed by atoms with Gasteiger partial charge in [-0.05, 0) is 37.5 Å². The Morgan fingerprint density at radius 2 is 2.11 bits per heavy atom. The smallest absolute Gasteiger partial charge is 0.140 e. The lowest BCUT2D eigenvalue weighted by atomic mass is 9.93. The molecule has 96 valence electrons. The van der Waals surface area contributed by atoms with Crippen molar-refractivity contribution in [2.45, 2.75) is 31.9 Å². The molecule has 2 rings (SSSR count). The minimum absolute atomic E-state index is 0.0940. The van der Waals surface area contributed by atoms with Crippen molar-refractivity contribution in [3.05, 3.63) is 35.1 Å². The number of likely N-dealkylation sites (tertiary alicyclic amines) is 1. The third-order valence-corrected chi connectivity index (χ3v) is 3.49. The molecule has 0 bridgehead atoms. The summed E-state index contributed by atoms with van der Waals surface area (Å²) in [5, 5.41) is 18.6. The summed E-state index contributed by atoms with van der Waals surface area (Å²) in [7, 11) is 0. The van der Waals surface area contributed by atoms with E-state index >= 15 is 0 Å². The summed E-state index contributed by atoms with van der Waals surface area (Å²) in [4.78, 5) is 2.21. The molecule has 1 fully saturated rings. The largest absolute Gasteiger partial charge is 0.390 e. The molecule has 0 amide bonds. The molecule has 0 unspecified atom stereocenters. The molecule has 3 nitrogen and oxygen atoms in total. The summed E-state index contributed by atoms with van der Waals surface area (Å²) in [5.41, 5.74) is 0.475. The van der Waals surface area contributed by atoms with Gasteiger partial charge >= 0.3 is 0 Å². The van der Waals surface area contributed by atoms with Crippen LogP contribution in [-0.2, 0) is 6.54 Å². The summed E-state index contributed by atoms with van der Waals surface area (Å²) in [6.07, 6.45) is 1.50. The maximum atomic E-state index is 13.2. The highest BCUT2D eigenvalue weighted by molar-refractivity contribution is 5.34. The van der Waals surface area contributed by atoms with Gasteiger partial charge in [-0.2, -0.15) is 5.26 Å². The molecular formula is C14H17FN2O. The summed E-state index contributed by atoms with van der Waals surface area (Å²) in [6, 6.07) is 6.50. The summed E-state index contributed by atoms with van der Waals surface area (Å²) >= 11 is 0. The van der Waals surface area contributed by atoms with Gasteiger partial charge in [-0.1, -0.05) is 6.07 Å². The van der Waals surface area contributed by atoms with Gasteiger partial charge < -0.3 is 5.11 Å². The van der Waals surface area contributed by atoms with Crippen LogP contribution in [0.15, 0.2) is 18.2 Å². The number of nitrogens with zero attached hydrogens (tertiary/aromatic N) is 2. The molecule has 18 heavy (non-hydrogen) atoms. The van der Waals surface area contributed by atoms with Crippen molar-refractivity contribution >= 4 is 0 Å². The highest BCUT2D eigenvalue weighted by Crippen LogP contribution is 2.22. The molecule has 0 spiro atoms. The zero-order valence-electron chi connectivity index (χ0n) is 10.5. The summed E-state index contributed by atoms with van der Waals surface area (Å²) in [5.74, 6) is -0.470. The Labute approximate surface area is 106 Å². The first-order valence-corrected chi connectivity index (χ1v) is 6.13. The Morgan fingerprint density at radius 3 is 2.72 bits per heavy atom. The van der Waals surface area contributed by atoms with E-state index < -0.39 is 11.4 Å². The van der Waals surface area contributed by atoms with Gasteiger partial charge in [-0.3, -0.25) is 4.90 Å². The van der Waals surface area contributed by atoms with Gasteiger partial charge in [-0.15, -0.1) is 0 Å². The van der Waals surface area contributed by atoms with Crippen LogP contribution >= 0.6 is 0 Å². The van der Waals surface area contributed by atoms with Crippen molar-refractivity contribution in [2.75, 3.05) is 13.1 Å². The number of aliphatic hydroxyl groups is 1. The molecule has 0 saturated carbocycles. The molecule has 1 heterocycles. The van der Waals surface area contributed by atoms with Gasteiger partial charge in [-0.25, -0.2) is 4.39 Å². The molecule has 1 aliphatic rings. The first-order valence-electron chi connectivity index (χ1n) is 6.13. The highest BCUT2D eigenvalue weighted by Gasteiger charge is 2.27. The van der Waals surface area contributed by atoms with Crippen molar-refractivity contribution in [1.82, 2.24) is 4.90 Å². The second-order valence-electron chi connectivity index (χ2n) is 5.20. The van der Waals surface area contributed by atoms with Crippen LogP contribution in [-0.4, -0.2) is 28.7 Å². The average Bonchev–Trinajstić information content (AvgIpc) is 2.34. The number of rotatable bonds is 2. The minimum atomic E-state index is -0.558. The van der Waals surface area contributed by atoms with E-state index in [0.717, 1.165) is 31.5 Å². The highest BCUT2D eigenvalue weighted by atomic mass is 19.1. The van der Waals surface area contributed by atoms with Crippen LogP contribution in [0.25, 0.3) is 0 Å². The van der Waals surface area contributed by atoms with Crippen LogP contribution in [0, 0.1) is 17.1 Å². The van der Waals surface area contributed by atoms with Gasteiger partial charge in [0.05, 0.1) is 11.2 Å². The lowest BCUT2D eigenvalue weighted by molar-refractivity contribution is -0.00730. The van der Waals surface area contributed by atoms with Gasteiger partial charge in [0.1, 0.15) is 11.9 Å². The van der Waals surface area contributed by atoms with Crippen molar-refractivity contribution in [2.24, 2.45) is 0 Å². The van der Waals surface area contributed by atoms with Crippen molar-refractivity contribution in [3.8, 4) is 6.07 Å². The fourth-order valence-corrected chi connectivity index (χ4v) is 2.21. The van der Waals surface area contributed by atoms with Crippen molar-refractivity contribution in [1.29, 1.82) is 5.26 Å². The maximum absolute atomic E-state index is 13.2. The Bertz CT molecular complexity index is 469. The number of halogens is 1. The number of piperidine rings is 1. The molecule has 0 aromatic heterocycles.